The zero-order chi connectivity index (χ0) is 13.8. The molecule has 2 nitrogen and oxygen atoms in total. The average Bonchev–Trinajstić information content (AvgIpc) is 2.25. The van der Waals surface area contributed by atoms with Crippen LogP contribution in [0.4, 0.5) is 0 Å². The topological polar surface area (TPSA) is 15.3 Å². The molecule has 1 fully saturated rings. The van der Waals surface area contributed by atoms with Crippen molar-refractivity contribution in [3.63, 3.8) is 0 Å². The minimum absolute atomic E-state index is 0.455. The number of nitrogens with one attached hydrogen (secondary N) is 1. The third kappa shape index (κ3) is 5.71. The van der Waals surface area contributed by atoms with Gasteiger partial charge in [-0.05, 0) is 37.1 Å². The molecule has 0 aliphatic carbocycles. The monoisotopic (exact) mass is 254 g/mol. The van der Waals surface area contributed by atoms with Crippen molar-refractivity contribution in [2.45, 2.75) is 72.9 Å². The largest absolute Gasteiger partial charge is 0.311 e. The van der Waals surface area contributed by atoms with E-state index in [-0.39, 0.29) is 0 Å². The molecule has 0 aromatic heterocycles. The lowest BCUT2D eigenvalue weighted by Gasteiger charge is -2.41. The number of hydrogen-bond donors (Lipinski definition) is 1. The molecule has 1 aliphatic heterocycles. The molecule has 1 rings (SSSR count). The van der Waals surface area contributed by atoms with Gasteiger partial charge in [0.25, 0.3) is 0 Å². The molecule has 108 valence electrons. The fraction of sp³-hybridized carbons (Fsp3) is 1.00. The van der Waals surface area contributed by atoms with Gasteiger partial charge in [-0.2, -0.15) is 0 Å². The molecule has 2 unspecified atom stereocenters. The fourth-order valence-corrected chi connectivity index (χ4v) is 2.81. The summed E-state index contributed by atoms with van der Waals surface area (Å²) in [5.41, 5.74) is 0.455. The van der Waals surface area contributed by atoms with Crippen LogP contribution in [0.1, 0.15) is 60.8 Å². The molecule has 0 bridgehead atoms. The summed E-state index contributed by atoms with van der Waals surface area (Å²) < 4.78 is 0. The Balaban J connectivity index is 2.48. The summed E-state index contributed by atoms with van der Waals surface area (Å²) in [6, 6.07) is 1.45. The van der Waals surface area contributed by atoms with Gasteiger partial charge in [0.1, 0.15) is 0 Å². The van der Waals surface area contributed by atoms with E-state index in [2.05, 4.69) is 51.8 Å². The molecule has 0 spiro atoms. The molecule has 1 aliphatic rings. The molecule has 0 saturated carbocycles. The first kappa shape index (κ1) is 16.0. The fourth-order valence-electron chi connectivity index (χ4n) is 2.81. The Kier molecular flexibility index (Phi) is 6.13. The standard InChI is InChI=1S/C16H34N2/c1-7-15-11-17-14(10-13(2)3)12-18(15)9-8-16(4,5)6/h13-15,17H,7-12H2,1-6H3. The maximum Gasteiger partial charge on any atom is 0.0218 e. The van der Waals surface area contributed by atoms with Gasteiger partial charge in [0, 0.05) is 25.2 Å². The number of nitrogens with zero attached hydrogens (tertiary/aromatic N) is 1. The summed E-state index contributed by atoms with van der Waals surface area (Å²) in [4.78, 5) is 2.73. The van der Waals surface area contributed by atoms with Gasteiger partial charge in [0.05, 0.1) is 0 Å². The van der Waals surface area contributed by atoms with Gasteiger partial charge < -0.3 is 5.32 Å². The van der Waals surface area contributed by atoms with E-state index in [4.69, 9.17) is 0 Å². The van der Waals surface area contributed by atoms with Crippen molar-refractivity contribution in [2.24, 2.45) is 11.3 Å². The van der Waals surface area contributed by atoms with E-state index in [0.717, 1.165) is 12.0 Å². The highest BCUT2D eigenvalue weighted by atomic mass is 15.2. The van der Waals surface area contributed by atoms with Crippen LogP contribution in [0.5, 0.6) is 0 Å². The molecular weight excluding hydrogens is 220 g/mol. The predicted octanol–water partition coefficient (Wildman–Crippen LogP) is 3.52. The molecule has 1 N–H and O–H groups in total. The van der Waals surface area contributed by atoms with Gasteiger partial charge in [-0.25, -0.2) is 0 Å². The first-order valence-electron chi connectivity index (χ1n) is 7.79. The normalized spacial score (nSPS) is 26.8. The van der Waals surface area contributed by atoms with Gasteiger partial charge in [-0.1, -0.05) is 41.5 Å². The molecule has 2 heteroatoms. The van der Waals surface area contributed by atoms with E-state index < -0.39 is 0 Å². The Bertz CT molecular complexity index is 230. The highest BCUT2D eigenvalue weighted by Crippen LogP contribution is 2.22. The molecule has 1 saturated heterocycles. The van der Waals surface area contributed by atoms with Gasteiger partial charge in [0.15, 0.2) is 0 Å². The van der Waals surface area contributed by atoms with Crippen LogP contribution in [0.2, 0.25) is 0 Å². The Morgan fingerprint density at radius 2 is 1.94 bits per heavy atom. The van der Waals surface area contributed by atoms with Crippen molar-refractivity contribution in [2.75, 3.05) is 19.6 Å². The molecule has 0 radical (unpaired) electrons. The van der Waals surface area contributed by atoms with E-state index in [0.29, 0.717) is 11.5 Å². The highest BCUT2D eigenvalue weighted by molar-refractivity contribution is 4.86. The lowest BCUT2D eigenvalue weighted by atomic mass is 9.91. The maximum atomic E-state index is 3.74. The zero-order valence-corrected chi connectivity index (χ0v) is 13.4. The average molecular weight is 254 g/mol. The quantitative estimate of drug-likeness (QED) is 0.807. The second-order valence-corrected chi connectivity index (χ2v) is 7.60. The predicted molar refractivity (Wildman–Crippen MR) is 81.0 cm³/mol. The summed E-state index contributed by atoms with van der Waals surface area (Å²) in [5, 5.41) is 3.74. The number of rotatable bonds is 5. The first-order valence-corrected chi connectivity index (χ1v) is 7.79. The Morgan fingerprint density at radius 3 is 2.44 bits per heavy atom. The second-order valence-electron chi connectivity index (χ2n) is 7.60. The summed E-state index contributed by atoms with van der Waals surface area (Å²) >= 11 is 0. The summed E-state index contributed by atoms with van der Waals surface area (Å²) in [6.07, 6.45) is 3.88. The lowest BCUT2D eigenvalue weighted by Crippen LogP contribution is -2.56. The van der Waals surface area contributed by atoms with Gasteiger partial charge in [-0.15, -0.1) is 0 Å². The van der Waals surface area contributed by atoms with Crippen molar-refractivity contribution in [1.29, 1.82) is 0 Å². The van der Waals surface area contributed by atoms with Crippen LogP contribution >= 0.6 is 0 Å². The van der Waals surface area contributed by atoms with E-state index in [1.807, 2.05) is 0 Å². The van der Waals surface area contributed by atoms with Crippen LogP contribution < -0.4 is 5.32 Å². The molecule has 2 atom stereocenters. The number of hydrogen-bond acceptors (Lipinski definition) is 2. The van der Waals surface area contributed by atoms with E-state index in [9.17, 15) is 0 Å². The van der Waals surface area contributed by atoms with Crippen LogP contribution in [0, 0.1) is 11.3 Å². The molecule has 18 heavy (non-hydrogen) atoms. The van der Waals surface area contributed by atoms with Crippen molar-refractivity contribution >= 4 is 0 Å². The van der Waals surface area contributed by atoms with Crippen LogP contribution in [-0.4, -0.2) is 36.6 Å². The van der Waals surface area contributed by atoms with Crippen molar-refractivity contribution in [3.05, 3.63) is 0 Å². The summed E-state index contributed by atoms with van der Waals surface area (Å²) in [6.45, 7) is 17.7. The smallest absolute Gasteiger partial charge is 0.0218 e. The summed E-state index contributed by atoms with van der Waals surface area (Å²) in [5.74, 6) is 0.796. The van der Waals surface area contributed by atoms with E-state index in [1.165, 1.54) is 38.9 Å². The van der Waals surface area contributed by atoms with Crippen LogP contribution in [0.25, 0.3) is 0 Å². The van der Waals surface area contributed by atoms with Gasteiger partial charge >= 0.3 is 0 Å². The minimum Gasteiger partial charge on any atom is -0.311 e. The first-order chi connectivity index (χ1) is 8.31. The molecule has 0 amide bonds. The molecular formula is C16H34N2. The van der Waals surface area contributed by atoms with Gasteiger partial charge in [-0.3, -0.25) is 4.90 Å². The SMILES string of the molecule is CCC1CNC(CC(C)C)CN1CCC(C)(C)C. The second kappa shape index (κ2) is 6.91. The Hall–Kier alpha value is -0.0800. The summed E-state index contributed by atoms with van der Waals surface area (Å²) in [7, 11) is 0. The molecule has 0 aromatic carbocycles. The Labute approximate surface area is 115 Å². The van der Waals surface area contributed by atoms with Crippen LogP contribution in [-0.2, 0) is 0 Å². The van der Waals surface area contributed by atoms with Gasteiger partial charge in [0.2, 0.25) is 0 Å². The third-order valence-corrected chi connectivity index (χ3v) is 3.99. The molecule has 1 heterocycles. The zero-order valence-electron chi connectivity index (χ0n) is 13.4. The number of piperazine rings is 1. The minimum atomic E-state index is 0.455. The molecule has 0 aromatic rings. The van der Waals surface area contributed by atoms with E-state index in [1.54, 1.807) is 0 Å². The third-order valence-electron chi connectivity index (χ3n) is 3.99. The van der Waals surface area contributed by atoms with E-state index >= 15 is 0 Å². The van der Waals surface area contributed by atoms with Crippen molar-refractivity contribution in [1.82, 2.24) is 10.2 Å². The van der Waals surface area contributed by atoms with Crippen LogP contribution in [0.3, 0.4) is 0 Å². The highest BCUT2D eigenvalue weighted by Gasteiger charge is 2.27. The van der Waals surface area contributed by atoms with Crippen LogP contribution in [0.15, 0.2) is 0 Å². The van der Waals surface area contributed by atoms with Crippen molar-refractivity contribution in [3.8, 4) is 0 Å². The lowest BCUT2D eigenvalue weighted by molar-refractivity contribution is 0.105. The van der Waals surface area contributed by atoms with Crippen molar-refractivity contribution < 1.29 is 0 Å². The Morgan fingerprint density at radius 1 is 1.28 bits per heavy atom. The maximum absolute atomic E-state index is 3.74.